The lowest BCUT2D eigenvalue weighted by atomic mass is 9.96. The summed E-state index contributed by atoms with van der Waals surface area (Å²) in [5.41, 5.74) is 3.38. The number of anilines is 1. The first-order valence-electron chi connectivity index (χ1n) is 13.6. The number of carbonyl (C=O) groups is 3. The number of esters is 1. The molecule has 1 aromatic heterocycles. The number of ether oxygens (including phenoxy) is 1. The molecule has 1 aliphatic carbocycles. The number of fused-ring (bicyclic) bond motifs is 1. The Balaban J connectivity index is 1.63. The molecule has 3 aromatic rings. The van der Waals surface area contributed by atoms with Crippen molar-refractivity contribution in [3.63, 3.8) is 0 Å². The van der Waals surface area contributed by atoms with Gasteiger partial charge in [0.1, 0.15) is 13.5 Å². The van der Waals surface area contributed by atoms with Crippen LogP contribution in [0.3, 0.4) is 0 Å². The van der Waals surface area contributed by atoms with Gasteiger partial charge in [-0.1, -0.05) is 17.6 Å². The number of hydrogen-bond donors (Lipinski definition) is 2. The highest BCUT2D eigenvalue weighted by Crippen LogP contribution is 2.46. The Kier molecular flexibility index (Phi) is 9.37. The molecule has 13 heteroatoms. The van der Waals surface area contributed by atoms with Gasteiger partial charge in [0.15, 0.2) is 0 Å². The molecule has 2 N–H and O–H groups in total. The van der Waals surface area contributed by atoms with E-state index in [0.29, 0.717) is 39.9 Å². The molecule has 0 unspecified atom stereocenters. The Morgan fingerprint density at radius 2 is 1.85 bits per heavy atom. The summed E-state index contributed by atoms with van der Waals surface area (Å²) >= 11 is 0. The van der Waals surface area contributed by atoms with Crippen molar-refractivity contribution in [1.29, 1.82) is 0 Å². The fourth-order valence-corrected chi connectivity index (χ4v) is 5.64. The predicted molar refractivity (Wildman–Crippen MR) is 158 cm³/mol. The summed E-state index contributed by atoms with van der Waals surface area (Å²) < 4.78 is 33.7. The summed E-state index contributed by atoms with van der Waals surface area (Å²) in [7, 11) is 3.70. The van der Waals surface area contributed by atoms with E-state index in [9.17, 15) is 22.8 Å². The van der Waals surface area contributed by atoms with Crippen molar-refractivity contribution < 1.29 is 27.5 Å². The molecule has 4 rings (SSSR count). The maximum absolute atomic E-state index is 13.0. The molecule has 0 bridgehead atoms. The fraction of sp³-hybridized carbons (Fsp3) is 0.429. The van der Waals surface area contributed by atoms with Crippen LogP contribution in [0.25, 0.3) is 16.6 Å². The molecule has 41 heavy (non-hydrogen) atoms. The lowest BCUT2D eigenvalue weighted by Crippen LogP contribution is -2.34. The van der Waals surface area contributed by atoms with Crippen LogP contribution in [0.15, 0.2) is 36.4 Å². The van der Waals surface area contributed by atoms with Crippen LogP contribution in [0.4, 0.5) is 5.69 Å². The van der Waals surface area contributed by atoms with Crippen molar-refractivity contribution >= 4 is 57.7 Å². The van der Waals surface area contributed by atoms with E-state index >= 15 is 0 Å². The molecule has 0 aliphatic heterocycles. The molecular formula is C28H34BN5O6S. The van der Waals surface area contributed by atoms with E-state index in [-0.39, 0.29) is 50.3 Å². The monoisotopic (exact) mass is 579 g/mol. The minimum absolute atomic E-state index is 0.00144. The number of aromatic nitrogens is 2. The number of rotatable bonds is 13. The topological polar surface area (TPSA) is 140 Å². The van der Waals surface area contributed by atoms with Gasteiger partial charge in [-0.2, -0.15) is 5.10 Å². The third kappa shape index (κ3) is 7.26. The first kappa shape index (κ1) is 30.1. The maximum atomic E-state index is 13.0. The van der Waals surface area contributed by atoms with Crippen LogP contribution in [-0.2, 0) is 24.3 Å². The SMILES string of the molecule is [B]c1ccc(-n2nc3cc(N(CCCNC(=O)CCC(=O)OCC)S(C)(=O)=O)c(C4CC4)cc3c2C(=O)NC)cc1. The Labute approximate surface area is 241 Å². The van der Waals surface area contributed by atoms with Gasteiger partial charge in [-0.15, -0.1) is 0 Å². The second kappa shape index (κ2) is 12.8. The molecule has 1 aliphatic rings. The van der Waals surface area contributed by atoms with E-state index in [0.717, 1.165) is 24.7 Å². The highest BCUT2D eigenvalue weighted by atomic mass is 32.2. The number of nitrogens with one attached hydrogen (secondary N) is 2. The fourth-order valence-electron chi connectivity index (χ4n) is 4.67. The summed E-state index contributed by atoms with van der Waals surface area (Å²) in [6.07, 6.45) is 3.31. The summed E-state index contributed by atoms with van der Waals surface area (Å²) in [5.74, 6) is -0.901. The molecule has 2 radical (unpaired) electrons. The van der Waals surface area contributed by atoms with E-state index in [2.05, 4.69) is 10.6 Å². The molecule has 216 valence electrons. The Morgan fingerprint density at radius 3 is 2.46 bits per heavy atom. The normalized spacial score (nSPS) is 13.1. The van der Waals surface area contributed by atoms with E-state index in [1.54, 1.807) is 49.0 Å². The average molecular weight is 579 g/mol. The molecule has 1 fully saturated rings. The molecule has 11 nitrogen and oxygen atoms in total. The summed E-state index contributed by atoms with van der Waals surface area (Å²) in [4.78, 5) is 36.6. The van der Waals surface area contributed by atoms with E-state index < -0.39 is 16.0 Å². The zero-order valence-electron chi connectivity index (χ0n) is 23.5. The van der Waals surface area contributed by atoms with Gasteiger partial charge in [-0.05, 0) is 61.9 Å². The number of nitrogens with zero attached hydrogens (tertiary/aromatic N) is 3. The molecule has 2 amide bonds. The van der Waals surface area contributed by atoms with Crippen LogP contribution < -0.4 is 20.4 Å². The van der Waals surface area contributed by atoms with Gasteiger partial charge in [0.25, 0.3) is 5.91 Å². The van der Waals surface area contributed by atoms with Crippen LogP contribution in [0.1, 0.15) is 61.0 Å². The minimum atomic E-state index is -3.69. The lowest BCUT2D eigenvalue weighted by Gasteiger charge is -2.25. The predicted octanol–water partition coefficient (Wildman–Crippen LogP) is 1.67. The number of sulfonamides is 1. The quantitative estimate of drug-likeness (QED) is 0.178. The Morgan fingerprint density at radius 1 is 1.15 bits per heavy atom. The molecule has 1 saturated carbocycles. The zero-order valence-corrected chi connectivity index (χ0v) is 24.3. The second-order valence-corrected chi connectivity index (χ2v) is 11.9. The highest BCUT2D eigenvalue weighted by molar-refractivity contribution is 7.92. The summed E-state index contributed by atoms with van der Waals surface area (Å²) in [5, 5.41) is 10.7. The van der Waals surface area contributed by atoms with Crippen molar-refractivity contribution in [3.8, 4) is 5.69 Å². The first-order chi connectivity index (χ1) is 19.5. The Hall–Kier alpha value is -3.87. The van der Waals surface area contributed by atoms with Crippen LogP contribution in [0.2, 0.25) is 0 Å². The van der Waals surface area contributed by atoms with Gasteiger partial charge in [-0.3, -0.25) is 18.7 Å². The lowest BCUT2D eigenvalue weighted by molar-refractivity contribution is -0.144. The van der Waals surface area contributed by atoms with E-state index in [4.69, 9.17) is 17.7 Å². The summed E-state index contributed by atoms with van der Waals surface area (Å²) in [6.45, 7) is 2.32. The highest BCUT2D eigenvalue weighted by Gasteiger charge is 2.32. The molecule has 0 atom stereocenters. The standard InChI is InChI=1S/C28H34BN5O6S/c1-4-40-26(36)13-12-25(35)31-14-5-15-33(41(3,38)39)24-17-23-22(16-21(24)18-6-7-18)27(28(37)30-2)34(32-23)20-10-8-19(29)9-11-20/h8-11,16-18H,4-7,12-15H2,1-3H3,(H,30,37)(H,31,35). The van der Waals surface area contributed by atoms with Crippen molar-refractivity contribution in [3.05, 3.63) is 47.7 Å². The molecule has 0 spiro atoms. The maximum Gasteiger partial charge on any atom is 0.306 e. The van der Waals surface area contributed by atoms with E-state index in [1.807, 2.05) is 6.07 Å². The zero-order chi connectivity index (χ0) is 29.7. The van der Waals surface area contributed by atoms with Crippen LogP contribution in [-0.4, -0.2) is 76.8 Å². The van der Waals surface area contributed by atoms with Gasteiger partial charge >= 0.3 is 5.97 Å². The summed E-state index contributed by atoms with van der Waals surface area (Å²) in [6, 6.07) is 10.6. The van der Waals surface area contributed by atoms with Gasteiger partial charge in [0, 0.05) is 31.9 Å². The minimum Gasteiger partial charge on any atom is -0.466 e. The largest absolute Gasteiger partial charge is 0.466 e. The number of hydrogen-bond acceptors (Lipinski definition) is 7. The van der Waals surface area contributed by atoms with Crippen molar-refractivity contribution in [2.45, 2.75) is 44.9 Å². The van der Waals surface area contributed by atoms with Gasteiger partial charge in [0.05, 0.1) is 36.2 Å². The van der Waals surface area contributed by atoms with Crippen LogP contribution >= 0.6 is 0 Å². The number of benzene rings is 2. The van der Waals surface area contributed by atoms with Crippen LogP contribution in [0, 0.1) is 0 Å². The molecule has 1 heterocycles. The number of carbonyl (C=O) groups excluding carboxylic acids is 3. The van der Waals surface area contributed by atoms with Crippen molar-refractivity contribution in [1.82, 2.24) is 20.4 Å². The van der Waals surface area contributed by atoms with E-state index in [1.165, 1.54) is 4.31 Å². The van der Waals surface area contributed by atoms with Crippen molar-refractivity contribution in [2.24, 2.45) is 0 Å². The third-order valence-electron chi connectivity index (χ3n) is 6.81. The van der Waals surface area contributed by atoms with Gasteiger partial charge in [-0.25, -0.2) is 13.1 Å². The molecule has 2 aromatic carbocycles. The van der Waals surface area contributed by atoms with Gasteiger partial charge in [0.2, 0.25) is 15.9 Å². The molecular weight excluding hydrogens is 545 g/mol. The number of amides is 2. The average Bonchev–Trinajstić information content (AvgIpc) is 3.71. The van der Waals surface area contributed by atoms with Crippen molar-refractivity contribution in [2.75, 3.05) is 37.3 Å². The smallest absolute Gasteiger partial charge is 0.306 e. The first-order valence-corrected chi connectivity index (χ1v) is 15.4. The van der Waals surface area contributed by atoms with Crippen LogP contribution in [0.5, 0.6) is 0 Å². The Bertz CT molecular complexity index is 1550. The third-order valence-corrected chi connectivity index (χ3v) is 7.99. The second-order valence-electron chi connectivity index (χ2n) is 9.98. The van der Waals surface area contributed by atoms with Gasteiger partial charge < -0.3 is 15.4 Å². The molecule has 0 saturated heterocycles.